The molecule has 0 aliphatic carbocycles. The Morgan fingerprint density at radius 1 is 1.30 bits per heavy atom. The Morgan fingerprint density at radius 3 is 3.00 bits per heavy atom. The van der Waals surface area contributed by atoms with Crippen LogP contribution in [0.15, 0.2) is 48.7 Å². The molecule has 0 spiro atoms. The summed E-state index contributed by atoms with van der Waals surface area (Å²) in [5, 5.41) is 10.8. The number of carbonyl (C=O) groups is 1. The number of pyridine rings is 1. The highest BCUT2D eigenvalue weighted by molar-refractivity contribution is 6.32. The summed E-state index contributed by atoms with van der Waals surface area (Å²) in [4.78, 5) is 16.9. The molecule has 8 heteroatoms. The highest BCUT2D eigenvalue weighted by Crippen LogP contribution is 2.37. The van der Waals surface area contributed by atoms with Crippen molar-refractivity contribution in [3.63, 3.8) is 0 Å². The third kappa shape index (κ3) is 3.59. The molecule has 2 N–H and O–H groups in total. The fourth-order valence-electron chi connectivity index (χ4n) is 3.09. The summed E-state index contributed by atoms with van der Waals surface area (Å²) in [5.41, 5.74) is 1.65. The lowest BCUT2D eigenvalue weighted by Crippen LogP contribution is -2.35. The predicted molar refractivity (Wildman–Crippen MR) is 103 cm³/mol. The van der Waals surface area contributed by atoms with Gasteiger partial charge in [0.15, 0.2) is 5.82 Å². The average Bonchev–Trinajstić information content (AvgIpc) is 3.03. The van der Waals surface area contributed by atoms with Crippen molar-refractivity contribution in [3.8, 4) is 11.6 Å². The van der Waals surface area contributed by atoms with Crippen molar-refractivity contribution in [1.82, 2.24) is 20.1 Å². The van der Waals surface area contributed by atoms with Crippen LogP contribution in [0, 0.1) is 6.92 Å². The van der Waals surface area contributed by atoms with Gasteiger partial charge in [-0.05, 0) is 25.1 Å². The molecule has 4 rings (SSSR count). The number of benzene rings is 1. The summed E-state index contributed by atoms with van der Waals surface area (Å²) >= 11 is 6.19. The Labute approximate surface area is 161 Å². The molecule has 1 aliphatic heterocycles. The zero-order valence-electron chi connectivity index (χ0n) is 14.6. The second-order valence-corrected chi connectivity index (χ2v) is 6.62. The molecule has 27 heavy (non-hydrogen) atoms. The van der Waals surface area contributed by atoms with Gasteiger partial charge in [-0.15, -0.1) is 0 Å². The standard InChI is InChI=1S/C19H18ClN5O2/c1-12-11-17(25(24-12)16-7-2-3-9-21-16)23-19(26)22-15-8-10-27-18-13(15)5-4-6-14(18)20/h2-7,9,11,15H,8,10H2,1H3,(H2,22,23,26)/t15-/m1/s1. The van der Waals surface area contributed by atoms with Gasteiger partial charge in [0.25, 0.3) is 0 Å². The maximum atomic E-state index is 12.6. The first-order chi connectivity index (χ1) is 13.1. The van der Waals surface area contributed by atoms with E-state index in [1.165, 1.54) is 0 Å². The fourth-order valence-corrected chi connectivity index (χ4v) is 3.33. The molecule has 3 heterocycles. The molecule has 0 fully saturated rings. The molecule has 2 aromatic heterocycles. The van der Waals surface area contributed by atoms with Gasteiger partial charge in [-0.2, -0.15) is 9.78 Å². The Morgan fingerprint density at radius 2 is 2.19 bits per heavy atom. The third-order valence-electron chi connectivity index (χ3n) is 4.27. The zero-order chi connectivity index (χ0) is 18.8. The maximum Gasteiger partial charge on any atom is 0.320 e. The van der Waals surface area contributed by atoms with Crippen LogP contribution in [0.25, 0.3) is 5.82 Å². The van der Waals surface area contributed by atoms with Crippen LogP contribution in [0.3, 0.4) is 0 Å². The van der Waals surface area contributed by atoms with E-state index in [-0.39, 0.29) is 12.1 Å². The van der Waals surface area contributed by atoms with Crippen LogP contribution in [-0.2, 0) is 0 Å². The van der Waals surface area contributed by atoms with Gasteiger partial charge in [0, 0.05) is 24.2 Å². The van der Waals surface area contributed by atoms with E-state index in [2.05, 4.69) is 20.7 Å². The maximum absolute atomic E-state index is 12.6. The number of aromatic nitrogens is 3. The minimum Gasteiger partial charge on any atom is -0.492 e. The van der Waals surface area contributed by atoms with E-state index >= 15 is 0 Å². The summed E-state index contributed by atoms with van der Waals surface area (Å²) < 4.78 is 7.24. The Balaban J connectivity index is 1.53. The largest absolute Gasteiger partial charge is 0.492 e. The lowest BCUT2D eigenvalue weighted by Gasteiger charge is -2.27. The number of aryl methyl sites for hydroxylation is 1. The van der Waals surface area contributed by atoms with Crippen LogP contribution >= 0.6 is 11.6 Å². The molecule has 7 nitrogen and oxygen atoms in total. The number of amides is 2. The minimum absolute atomic E-state index is 0.181. The summed E-state index contributed by atoms with van der Waals surface area (Å²) in [5.74, 6) is 1.80. The molecule has 1 atom stereocenters. The molecular weight excluding hydrogens is 366 g/mol. The van der Waals surface area contributed by atoms with Crippen LogP contribution in [0.2, 0.25) is 5.02 Å². The SMILES string of the molecule is Cc1cc(NC(=O)N[C@@H]2CCOc3c(Cl)cccc32)n(-c2ccccn2)n1. The van der Waals surface area contributed by atoms with Gasteiger partial charge in [-0.3, -0.25) is 5.32 Å². The van der Waals surface area contributed by atoms with Crippen LogP contribution in [0.4, 0.5) is 10.6 Å². The number of nitrogens with zero attached hydrogens (tertiary/aromatic N) is 3. The number of hydrogen-bond acceptors (Lipinski definition) is 4. The normalized spacial score (nSPS) is 15.6. The summed E-state index contributed by atoms with van der Waals surface area (Å²) in [6, 6.07) is 12.3. The van der Waals surface area contributed by atoms with Crippen molar-refractivity contribution in [3.05, 3.63) is 64.9 Å². The number of carbonyl (C=O) groups excluding carboxylic acids is 1. The molecule has 3 aromatic rings. The van der Waals surface area contributed by atoms with Crippen molar-refractivity contribution in [2.24, 2.45) is 0 Å². The molecule has 0 radical (unpaired) electrons. The van der Waals surface area contributed by atoms with E-state index in [9.17, 15) is 4.79 Å². The highest BCUT2D eigenvalue weighted by atomic mass is 35.5. The first kappa shape index (κ1) is 17.4. The van der Waals surface area contributed by atoms with Crippen molar-refractivity contribution in [2.45, 2.75) is 19.4 Å². The molecular formula is C19H18ClN5O2. The van der Waals surface area contributed by atoms with E-state index < -0.39 is 0 Å². The summed E-state index contributed by atoms with van der Waals surface area (Å²) in [7, 11) is 0. The lowest BCUT2D eigenvalue weighted by molar-refractivity contribution is 0.232. The number of rotatable bonds is 3. The van der Waals surface area contributed by atoms with Gasteiger partial charge in [0.2, 0.25) is 0 Å². The molecule has 0 unspecified atom stereocenters. The van der Waals surface area contributed by atoms with Gasteiger partial charge in [-0.25, -0.2) is 9.78 Å². The number of hydrogen-bond donors (Lipinski definition) is 2. The number of fused-ring (bicyclic) bond motifs is 1. The zero-order valence-corrected chi connectivity index (χ0v) is 15.4. The number of nitrogens with one attached hydrogen (secondary N) is 2. The van der Waals surface area contributed by atoms with Gasteiger partial charge in [0.1, 0.15) is 11.6 Å². The molecule has 2 amide bonds. The molecule has 1 aliphatic rings. The molecule has 0 saturated heterocycles. The number of anilines is 1. The van der Waals surface area contributed by atoms with E-state index in [4.69, 9.17) is 16.3 Å². The van der Waals surface area contributed by atoms with Gasteiger partial charge < -0.3 is 10.1 Å². The van der Waals surface area contributed by atoms with E-state index in [1.807, 2.05) is 37.3 Å². The summed E-state index contributed by atoms with van der Waals surface area (Å²) in [6.07, 6.45) is 2.35. The number of halogens is 1. The van der Waals surface area contributed by atoms with E-state index in [0.717, 1.165) is 11.3 Å². The van der Waals surface area contributed by atoms with E-state index in [0.29, 0.717) is 35.4 Å². The summed E-state index contributed by atoms with van der Waals surface area (Å²) in [6.45, 7) is 2.35. The van der Waals surface area contributed by atoms with Crippen LogP contribution in [0.1, 0.15) is 23.7 Å². The second kappa shape index (κ2) is 7.28. The van der Waals surface area contributed by atoms with Gasteiger partial charge >= 0.3 is 6.03 Å². The smallest absolute Gasteiger partial charge is 0.320 e. The monoisotopic (exact) mass is 383 g/mol. The fraction of sp³-hybridized carbons (Fsp3) is 0.211. The average molecular weight is 384 g/mol. The van der Waals surface area contributed by atoms with Crippen LogP contribution < -0.4 is 15.4 Å². The Kier molecular flexibility index (Phi) is 4.68. The van der Waals surface area contributed by atoms with Crippen LogP contribution in [0.5, 0.6) is 5.75 Å². The first-order valence-corrected chi connectivity index (χ1v) is 8.96. The number of ether oxygens (including phenoxy) is 1. The van der Waals surface area contributed by atoms with E-state index in [1.54, 1.807) is 23.0 Å². The molecule has 0 bridgehead atoms. The Bertz CT molecular complexity index is 973. The first-order valence-electron chi connectivity index (χ1n) is 8.58. The van der Waals surface area contributed by atoms with Crippen molar-refractivity contribution >= 4 is 23.4 Å². The van der Waals surface area contributed by atoms with Crippen molar-refractivity contribution < 1.29 is 9.53 Å². The van der Waals surface area contributed by atoms with Crippen LogP contribution in [-0.4, -0.2) is 27.4 Å². The van der Waals surface area contributed by atoms with Crippen molar-refractivity contribution in [1.29, 1.82) is 0 Å². The molecule has 0 saturated carbocycles. The molecule has 138 valence electrons. The lowest BCUT2D eigenvalue weighted by atomic mass is 10.0. The highest BCUT2D eigenvalue weighted by Gasteiger charge is 2.25. The topological polar surface area (TPSA) is 81.1 Å². The predicted octanol–water partition coefficient (Wildman–Crippen LogP) is 3.87. The van der Waals surface area contributed by atoms with Gasteiger partial charge in [-0.1, -0.05) is 29.8 Å². The second-order valence-electron chi connectivity index (χ2n) is 6.22. The third-order valence-corrected chi connectivity index (χ3v) is 4.57. The Hall–Kier alpha value is -3.06. The molecule has 1 aromatic carbocycles. The van der Waals surface area contributed by atoms with Crippen molar-refractivity contribution in [2.75, 3.05) is 11.9 Å². The quantitative estimate of drug-likeness (QED) is 0.719. The minimum atomic E-state index is -0.329. The number of para-hydroxylation sites is 1. The number of urea groups is 1. The van der Waals surface area contributed by atoms with Gasteiger partial charge in [0.05, 0.1) is 23.4 Å².